The van der Waals surface area contributed by atoms with Crippen LogP contribution in [-0.2, 0) is 29.2 Å². The topological polar surface area (TPSA) is 85.3 Å². The van der Waals surface area contributed by atoms with Gasteiger partial charge >= 0.3 is 0 Å². The van der Waals surface area contributed by atoms with Crippen LogP contribution in [0.25, 0.3) is 5.76 Å². The number of benzene rings is 4. The third-order valence-corrected chi connectivity index (χ3v) is 7.65. The molecule has 0 saturated carbocycles. The van der Waals surface area contributed by atoms with E-state index in [0.717, 1.165) is 22.4 Å². The molecule has 0 spiro atoms. The highest BCUT2D eigenvalue weighted by Gasteiger charge is 2.46. The Hall–Kier alpha value is -5.04. The molecule has 1 saturated heterocycles. The van der Waals surface area contributed by atoms with Crippen molar-refractivity contribution in [1.29, 1.82) is 0 Å². The highest BCUT2D eigenvalue weighted by atomic mass is 16.5. The fourth-order valence-electron chi connectivity index (χ4n) is 5.60. The van der Waals surface area contributed by atoms with Crippen LogP contribution in [0.1, 0.15) is 40.8 Å². The molecule has 2 aliphatic heterocycles. The van der Waals surface area contributed by atoms with E-state index in [1.54, 1.807) is 31.4 Å². The lowest BCUT2D eigenvalue weighted by Crippen LogP contribution is -2.29. The van der Waals surface area contributed by atoms with E-state index in [9.17, 15) is 14.7 Å². The number of methoxy groups -OCH3 is 1. The molecule has 1 N–H and O–H groups in total. The quantitative estimate of drug-likeness (QED) is 0.156. The van der Waals surface area contributed by atoms with Crippen molar-refractivity contribution in [2.75, 3.05) is 7.11 Å². The lowest BCUT2D eigenvalue weighted by atomic mass is 9.94. The van der Waals surface area contributed by atoms with Crippen molar-refractivity contribution in [1.82, 2.24) is 4.90 Å². The van der Waals surface area contributed by atoms with Gasteiger partial charge in [-0.05, 0) is 59.5 Å². The van der Waals surface area contributed by atoms with Gasteiger partial charge in [-0.3, -0.25) is 9.59 Å². The number of aliphatic hydroxyl groups is 1. The first kappa shape index (κ1) is 27.1. The Morgan fingerprint density at radius 1 is 0.905 bits per heavy atom. The number of carbonyl (C=O) groups excluding carboxylic acids is 2. The number of carbonyl (C=O) groups is 2. The first-order valence-electron chi connectivity index (χ1n) is 13.9. The van der Waals surface area contributed by atoms with Crippen molar-refractivity contribution in [3.8, 4) is 17.2 Å². The summed E-state index contributed by atoms with van der Waals surface area (Å²) in [5.41, 5.74) is 3.93. The van der Waals surface area contributed by atoms with Crippen molar-refractivity contribution < 1.29 is 28.9 Å². The van der Waals surface area contributed by atoms with Crippen LogP contribution in [0.2, 0.25) is 0 Å². The fourth-order valence-corrected chi connectivity index (χ4v) is 5.60. The van der Waals surface area contributed by atoms with Gasteiger partial charge in [0.25, 0.3) is 11.7 Å². The molecule has 0 bridgehead atoms. The van der Waals surface area contributed by atoms with E-state index in [0.29, 0.717) is 35.7 Å². The maximum absolute atomic E-state index is 13.6. The summed E-state index contributed by atoms with van der Waals surface area (Å²) in [4.78, 5) is 28.6. The lowest BCUT2D eigenvalue weighted by Gasteiger charge is -2.26. The van der Waals surface area contributed by atoms with E-state index >= 15 is 0 Å². The Kier molecular flexibility index (Phi) is 7.40. The molecule has 7 heteroatoms. The zero-order chi connectivity index (χ0) is 29.2. The van der Waals surface area contributed by atoms with E-state index in [1.807, 2.05) is 79.7 Å². The minimum Gasteiger partial charge on any atom is -0.507 e. The van der Waals surface area contributed by atoms with Gasteiger partial charge in [0.1, 0.15) is 24.2 Å². The van der Waals surface area contributed by atoms with Gasteiger partial charge in [0.2, 0.25) is 0 Å². The number of fused-ring (bicyclic) bond motifs is 1. The van der Waals surface area contributed by atoms with Gasteiger partial charge in [-0.2, -0.15) is 0 Å². The van der Waals surface area contributed by atoms with Crippen LogP contribution in [0.5, 0.6) is 17.2 Å². The second-order valence-electron chi connectivity index (χ2n) is 10.6. The zero-order valence-electron chi connectivity index (χ0n) is 23.4. The molecule has 6 rings (SSSR count). The number of likely N-dealkylation sites (tertiary alicyclic amines) is 1. The molecule has 1 amide bonds. The molecule has 4 aromatic rings. The normalized spacial score (nSPS) is 19.0. The molecule has 2 aliphatic rings. The molecule has 0 aliphatic carbocycles. The summed E-state index contributed by atoms with van der Waals surface area (Å²) >= 11 is 0. The van der Waals surface area contributed by atoms with Crippen LogP contribution < -0.4 is 14.2 Å². The molecule has 2 atom stereocenters. The van der Waals surface area contributed by atoms with Crippen LogP contribution in [0.4, 0.5) is 0 Å². The molecule has 42 heavy (non-hydrogen) atoms. The molecule has 0 unspecified atom stereocenters. The summed E-state index contributed by atoms with van der Waals surface area (Å²) in [7, 11) is 1.54. The highest BCUT2D eigenvalue weighted by molar-refractivity contribution is 6.46. The zero-order valence-corrected chi connectivity index (χ0v) is 23.4. The summed E-state index contributed by atoms with van der Waals surface area (Å²) < 4.78 is 17.5. The number of aliphatic hydroxyl groups excluding tert-OH is 1. The van der Waals surface area contributed by atoms with E-state index in [1.165, 1.54) is 4.90 Å². The molecule has 0 aromatic heterocycles. The Balaban J connectivity index is 1.41. The maximum Gasteiger partial charge on any atom is 0.295 e. The number of amides is 1. The van der Waals surface area contributed by atoms with Crippen molar-refractivity contribution in [3.05, 3.63) is 130 Å². The van der Waals surface area contributed by atoms with E-state index < -0.39 is 17.7 Å². The van der Waals surface area contributed by atoms with Gasteiger partial charge in [-0.25, -0.2) is 0 Å². The number of ketones is 1. The molecular weight excluding hydrogens is 530 g/mol. The van der Waals surface area contributed by atoms with Crippen LogP contribution in [-0.4, -0.2) is 34.9 Å². The predicted molar refractivity (Wildman–Crippen MR) is 158 cm³/mol. The van der Waals surface area contributed by atoms with Gasteiger partial charge in [-0.1, -0.05) is 66.7 Å². The third kappa shape index (κ3) is 5.21. The Bertz CT molecular complexity index is 1660. The molecule has 212 valence electrons. The van der Waals surface area contributed by atoms with Gasteiger partial charge < -0.3 is 24.2 Å². The third-order valence-electron chi connectivity index (χ3n) is 7.65. The van der Waals surface area contributed by atoms with Crippen LogP contribution in [0.3, 0.4) is 0 Å². The Morgan fingerprint density at radius 3 is 2.33 bits per heavy atom. The Morgan fingerprint density at radius 2 is 1.62 bits per heavy atom. The molecule has 0 radical (unpaired) electrons. The van der Waals surface area contributed by atoms with Gasteiger partial charge in [-0.15, -0.1) is 0 Å². The lowest BCUT2D eigenvalue weighted by molar-refractivity contribution is -0.140. The second-order valence-corrected chi connectivity index (χ2v) is 10.6. The van der Waals surface area contributed by atoms with Gasteiger partial charge in [0.15, 0.2) is 11.5 Å². The Labute approximate surface area is 244 Å². The molecule has 7 nitrogen and oxygen atoms in total. The molecule has 1 fully saturated rings. The van der Waals surface area contributed by atoms with E-state index in [2.05, 4.69) is 0 Å². The van der Waals surface area contributed by atoms with Crippen molar-refractivity contribution in [2.24, 2.45) is 0 Å². The minimum absolute atomic E-state index is 0.0304. The largest absolute Gasteiger partial charge is 0.507 e. The van der Waals surface area contributed by atoms with Crippen LogP contribution in [0.15, 0.2) is 103 Å². The van der Waals surface area contributed by atoms with E-state index in [-0.39, 0.29) is 24.0 Å². The molecule has 4 aromatic carbocycles. The number of nitrogens with zero attached hydrogens (tertiary/aromatic N) is 1. The van der Waals surface area contributed by atoms with Gasteiger partial charge in [0.05, 0.1) is 18.7 Å². The van der Waals surface area contributed by atoms with Crippen molar-refractivity contribution >= 4 is 17.4 Å². The first-order chi connectivity index (χ1) is 20.4. The average Bonchev–Trinajstić information content (AvgIpc) is 3.51. The number of rotatable bonds is 8. The van der Waals surface area contributed by atoms with Crippen LogP contribution in [0, 0.1) is 0 Å². The molecular formula is C35H31NO6. The second kappa shape index (κ2) is 11.4. The molecule has 2 heterocycles. The smallest absolute Gasteiger partial charge is 0.295 e. The SMILES string of the molecule is COc1cc([C@H]2/C(=C(\O)c3ccc4c(c3)C[C@@H](C)O4)C(=O)C(=O)N2Cc2ccccc2)ccc1OCc1ccccc1. The number of hydrogen-bond acceptors (Lipinski definition) is 6. The average molecular weight is 562 g/mol. The summed E-state index contributed by atoms with van der Waals surface area (Å²) in [5.74, 6) is 0.111. The van der Waals surface area contributed by atoms with Crippen LogP contribution >= 0.6 is 0 Å². The summed E-state index contributed by atoms with van der Waals surface area (Å²) in [6.45, 7) is 2.52. The summed E-state index contributed by atoms with van der Waals surface area (Å²) in [5, 5.41) is 11.6. The maximum atomic E-state index is 13.6. The van der Waals surface area contributed by atoms with E-state index in [4.69, 9.17) is 14.2 Å². The predicted octanol–water partition coefficient (Wildman–Crippen LogP) is 6.22. The number of hydrogen-bond donors (Lipinski definition) is 1. The summed E-state index contributed by atoms with van der Waals surface area (Å²) in [6, 6.07) is 29.1. The minimum atomic E-state index is -0.842. The summed E-state index contributed by atoms with van der Waals surface area (Å²) in [6.07, 6.45) is 0.730. The fraction of sp³-hybridized carbons (Fsp3) is 0.200. The highest BCUT2D eigenvalue weighted by Crippen LogP contribution is 2.43. The van der Waals surface area contributed by atoms with Crippen molar-refractivity contribution in [2.45, 2.75) is 38.6 Å². The standard InChI is InChI=1S/C35H31NO6/c1-22-17-27-18-26(14-15-28(27)42-22)33(37)31-32(36(35(39)34(31)38)20-23-9-5-3-6-10-23)25-13-16-29(30(19-25)40-2)41-21-24-11-7-4-8-12-24/h3-16,18-19,22,32,37H,17,20-21H2,1-2H3/b33-31+/t22-,32+/m1/s1. The number of ether oxygens (including phenoxy) is 3. The monoisotopic (exact) mass is 561 g/mol. The van der Waals surface area contributed by atoms with Crippen molar-refractivity contribution in [3.63, 3.8) is 0 Å². The first-order valence-corrected chi connectivity index (χ1v) is 13.9. The number of Topliss-reactive ketones (excluding diaryl/α,β-unsaturated/α-hetero) is 1. The van der Waals surface area contributed by atoms with Gasteiger partial charge in [0, 0.05) is 18.5 Å².